The van der Waals surface area contributed by atoms with Gasteiger partial charge in [-0.2, -0.15) is 0 Å². The molecule has 3 heterocycles. The molecule has 4 rings (SSSR count). The second-order valence-electron chi connectivity index (χ2n) is 6.69. The lowest BCUT2D eigenvalue weighted by molar-refractivity contribution is 0.123. The summed E-state index contributed by atoms with van der Waals surface area (Å²) in [4.78, 5) is 11.0. The van der Waals surface area contributed by atoms with Crippen LogP contribution >= 0.6 is 0 Å². The molecule has 0 saturated carbocycles. The Morgan fingerprint density at radius 1 is 1.26 bits per heavy atom. The molecule has 0 radical (unpaired) electrons. The molecule has 7 heteroatoms. The number of aromatic nitrogens is 3. The van der Waals surface area contributed by atoms with Crippen LogP contribution in [0.1, 0.15) is 19.5 Å². The highest BCUT2D eigenvalue weighted by Gasteiger charge is 2.17. The molecule has 2 aromatic heterocycles. The second kappa shape index (κ2) is 8.18. The highest BCUT2D eigenvalue weighted by molar-refractivity contribution is 5.96. The topological polar surface area (TPSA) is 93.0 Å². The van der Waals surface area contributed by atoms with E-state index in [1.807, 2.05) is 48.9 Å². The number of nitrogen functional groups attached to an aromatic ring is 1. The summed E-state index contributed by atoms with van der Waals surface area (Å²) in [6.07, 6.45) is 1.76. The first kappa shape index (κ1) is 18.8. The lowest BCUT2D eigenvalue weighted by Gasteiger charge is -2.29. The number of hydrogen-bond donors (Lipinski definition) is 2. The van der Waals surface area contributed by atoms with Gasteiger partial charge in [0.05, 0.1) is 25.2 Å². The highest BCUT2D eigenvalue weighted by Crippen LogP contribution is 2.26. The van der Waals surface area contributed by atoms with Crippen molar-refractivity contribution < 1.29 is 6.16 Å². The first-order valence-corrected chi connectivity index (χ1v) is 8.98. The van der Waals surface area contributed by atoms with Crippen LogP contribution in [0.15, 0.2) is 36.7 Å². The van der Waals surface area contributed by atoms with Crippen LogP contribution in [0.2, 0.25) is 0 Å². The molecule has 0 atom stereocenters. The number of rotatable bonds is 2. The zero-order valence-electron chi connectivity index (χ0n) is 16.1. The number of nitrogens with one attached hydrogen (secondary N) is 1. The van der Waals surface area contributed by atoms with E-state index in [0.29, 0.717) is 11.5 Å². The van der Waals surface area contributed by atoms with E-state index in [0.717, 1.165) is 48.7 Å². The van der Waals surface area contributed by atoms with Crippen LogP contribution in [-0.4, -0.2) is 46.6 Å². The summed E-state index contributed by atoms with van der Waals surface area (Å²) in [7, 11) is 1.92. The third-order valence-corrected chi connectivity index (χ3v) is 4.47. The lowest BCUT2D eigenvalue weighted by atomic mass is 10.1. The molecule has 3 N–H and O–H groups in total. The van der Waals surface area contributed by atoms with E-state index in [1.54, 1.807) is 13.3 Å². The predicted molar refractivity (Wildman–Crippen MR) is 112 cm³/mol. The summed E-state index contributed by atoms with van der Waals surface area (Å²) in [5, 5.41) is 7.33. The maximum Gasteiger partial charge on any atom is 0.164 e. The largest absolute Gasteiger partial charge is 0.384 e. The fraction of sp³-hybridized carbons (Fsp3) is 0.350. The number of nitrogens with zero attached hydrogens (tertiary/aromatic N) is 4. The highest BCUT2D eigenvalue weighted by atomic mass is 16.5. The predicted octanol–water partition coefficient (Wildman–Crippen LogP) is 3.02. The van der Waals surface area contributed by atoms with Crippen molar-refractivity contribution in [2.45, 2.75) is 13.8 Å². The Morgan fingerprint density at radius 3 is 2.63 bits per heavy atom. The molecule has 0 amide bonds. The molecule has 27 heavy (non-hydrogen) atoms. The van der Waals surface area contributed by atoms with Gasteiger partial charge >= 0.3 is 0 Å². The lowest BCUT2D eigenvalue weighted by Crippen LogP contribution is -2.36. The van der Waals surface area contributed by atoms with Crippen LogP contribution in [0, 0.1) is 12.3 Å². The van der Waals surface area contributed by atoms with E-state index in [9.17, 15) is 0 Å². The number of morpholine rings is 1. The van der Waals surface area contributed by atoms with Gasteiger partial charge in [-0.25, -0.2) is 9.97 Å². The van der Waals surface area contributed by atoms with Gasteiger partial charge in [0.2, 0.25) is 0 Å². The Hall–Kier alpha value is -2.93. The Morgan fingerprint density at radius 2 is 2.00 bits per heavy atom. The van der Waals surface area contributed by atoms with Crippen molar-refractivity contribution in [2.75, 3.05) is 36.9 Å². The van der Waals surface area contributed by atoms with E-state index >= 15 is 0 Å². The Kier molecular flexibility index (Phi) is 5.71. The summed E-state index contributed by atoms with van der Waals surface area (Å²) >= 11 is 0. The van der Waals surface area contributed by atoms with Gasteiger partial charge in [-0.3, -0.25) is 0 Å². The van der Waals surface area contributed by atoms with Gasteiger partial charge in [-0.05, 0) is 19.4 Å². The average molecular weight is 368 g/mol. The Balaban J connectivity index is 0.000000221. The molecule has 1 saturated heterocycles. The molecule has 144 valence electrons. The number of hydrogen-bond acceptors (Lipinski definition) is 6. The number of anilines is 2. The van der Waals surface area contributed by atoms with Gasteiger partial charge in [-0.1, -0.05) is 29.8 Å². The number of fused-ring (bicyclic) bond motifs is 1. The standard InChI is InChI=1S/C11H15N5O.C9H11N.H2/c1-15-7-13-10-8(6-9(12)14-11(10)15)16-2-4-17-5-3-16;1-7-4-3-5-9(6-7)8(2)10;/h6-7H,2-5H2,1H3,(H2,12,14);3-6,10H,1-2H3;1H. The van der Waals surface area contributed by atoms with Gasteiger partial charge in [0.25, 0.3) is 0 Å². The van der Waals surface area contributed by atoms with Gasteiger partial charge < -0.3 is 25.3 Å². The van der Waals surface area contributed by atoms with Crippen LogP contribution in [0.3, 0.4) is 0 Å². The number of nitrogens with two attached hydrogens (primary N) is 1. The van der Waals surface area contributed by atoms with Crippen LogP contribution in [0.25, 0.3) is 11.2 Å². The van der Waals surface area contributed by atoms with Crippen molar-refractivity contribution in [2.24, 2.45) is 7.05 Å². The number of pyridine rings is 1. The summed E-state index contributed by atoms with van der Waals surface area (Å²) in [5.41, 5.74) is 11.5. The number of benzene rings is 1. The fourth-order valence-corrected chi connectivity index (χ4v) is 3.02. The maximum atomic E-state index is 7.33. The minimum atomic E-state index is 0. The van der Waals surface area contributed by atoms with Gasteiger partial charge in [-0.15, -0.1) is 0 Å². The van der Waals surface area contributed by atoms with E-state index in [-0.39, 0.29) is 1.43 Å². The molecule has 1 aromatic carbocycles. The van der Waals surface area contributed by atoms with Crippen LogP contribution in [0.4, 0.5) is 11.5 Å². The quantitative estimate of drug-likeness (QED) is 0.678. The van der Waals surface area contributed by atoms with Crippen molar-refractivity contribution in [3.05, 3.63) is 47.8 Å². The smallest absolute Gasteiger partial charge is 0.164 e. The first-order chi connectivity index (χ1) is 13.0. The fourth-order valence-electron chi connectivity index (χ4n) is 3.02. The number of ether oxygens (including phenoxy) is 1. The molecule has 1 aliphatic rings. The molecular weight excluding hydrogens is 340 g/mol. The second-order valence-corrected chi connectivity index (χ2v) is 6.69. The molecule has 3 aromatic rings. The van der Waals surface area contributed by atoms with E-state index in [1.165, 1.54) is 5.56 Å². The summed E-state index contributed by atoms with van der Waals surface area (Å²) in [6.45, 7) is 7.07. The third kappa shape index (κ3) is 4.43. The van der Waals surface area contributed by atoms with Crippen molar-refractivity contribution in [1.29, 1.82) is 5.41 Å². The molecule has 0 bridgehead atoms. The van der Waals surface area contributed by atoms with Crippen molar-refractivity contribution in [3.63, 3.8) is 0 Å². The Labute approximate surface area is 160 Å². The zero-order chi connectivity index (χ0) is 19.4. The van der Waals surface area contributed by atoms with Gasteiger partial charge in [0.15, 0.2) is 5.65 Å². The molecule has 1 aliphatic heterocycles. The van der Waals surface area contributed by atoms with Crippen LogP contribution in [-0.2, 0) is 11.8 Å². The minimum absolute atomic E-state index is 0. The van der Waals surface area contributed by atoms with Crippen LogP contribution in [0.5, 0.6) is 0 Å². The number of imidazole rings is 1. The van der Waals surface area contributed by atoms with Crippen LogP contribution < -0.4 is 10.6 Å². The van der Waals surface area contributed by atoms with E-state index in [4.69, 9.17) is 15.9 Å². The molecule has 0 aliphatic carbocycles. The number of aryl methyl sites for hydroxylation is 2. The first-order valence-electron chi connectivity index (χ1n) is 8.98. The summed E-state index contributed by atoms with van der Waals surface area (Å²) < 4.78 is 7.24. The monoisotopic (exact) mass is 368 g/mol. The van der Waals surface area contributed by atoms with E-state index in [2.05, 4.69) is 14.9 Å². The SMILES string of the molecule is CC(=N)c1cccc(C)c1.Cn1cnc2c(N3CCOCC3)cc(N)nc21.[HH]. The molecule has 7 nitrogen and oxygen atoms in total. The molecular formula is C20H28N6O. The zero-order valence-corrected chi connectivity index (χ0v) is 16.1. The maximum absolute atomic E-state index is 7.33. The normalized spacial score (nSPS) is 14.0. The van der Waals surface area contributed by atoms with Crippen molar-refractivity contribution in [3.8, 4) is 0 Å². The molecule has 1 fully saturated rings. The van der Waals surface area contributed by atoms with Gasteiger partial charge in [0, 0.05) is 33.3 Å². The average Bonchev–Trinajstić information content (AvgIpc) is 3.03. The Bertz CT molecular complexity index is 949. The van der Waals surface area contributed by atoms with Gasteiger partial charge in [0.1, 0.15) is 11.3 Å². The van der Waals surface area contributed by atoms with Crippen molar-refractivity contribution in [1.82, 2.24) is 14.5 Å². The third-order valence-electron chi connectivity index (χ3n) is 4.47. The minimum Gasteiger partial charge on any atom is -0.384 e. The summed E-state index contributed by atoms with van der Waals surface area (Å²) in [6, 6.07) is 9.87. The summed E-state index contributed by atoms with van der Waals surface area (Å²) in [5.74, 6) is 0.530. The van der Waals surface area contributed by atoms with E-state index < -0.39 is 0 Å². The molecule has 0 unspecified atom stereocenters. The van der Waals surface area contributed by atoms with Crippen molar-refractivity contribution >= 4 is 28.4 Å². The molecule has 0 spiro atoms.